The van der Waals surface area contributed by atoms with Crippen molar-refractivity contribution in [3.8, 4) is 17.1 Å². The molecule has 0 aliphatic heterocycles. The van der Waals surface area contributed by atoms with Crippen LogP contribution in [0.5, 0.6) is 0 Å². The Bertz CT molecular complexity index is 1360. The molecule has 0 saturated carbocycles. The van der Waals surface area contributed by atoms with Crippen molar-refractivity contribution >= 4 is 33.3 Å². The second-order valence-corrected chi connectivity index (χ2v) is 8.67. The number of aryl methyl sites for hydroxylation is 1. The Kier molecular flexibility index (Phi) is 5.59. The molecule has 0 amide bonds. The highest BCUT2D eigenvalue weighted by atomic mass is 32.2. The van der Waals surface area contributed by atoms with Crippen molar-refractivity contribution in [2.75, 3.05) is 5.75 Å². The van der Waals surface area contributed by atoms with E-state index in [0.29, 0.717) is 28.7 Å². The van der Waals surface area contributed by atoms with E-state index in [0.717, 1.165) is 28.3 Å². The van der Waals surface area contributed by atoms with Gasteiger partial charge in [0.2, 0.25) is 11.7 Å². The van der Waals surface area contributed by atoms with Crippen molar-refractivity contribution in [3.05, 3.63) is 82.5 Å². The molecule has 0 radical (unpaired) electrons. The zero-order valence-corrected chi connectivity index (χ0v) is 18.0. The maximum Gasteiger partial charge on any atom is 0.267 e. The third-order valence-electron chi connectivity index (χ3n) is 4.65. The van der Waals surface area contributed by atoms with Gasteiger partial charge in [-0.1, -0.05) is 35.1 Å². The number of benzene rings is 1. The van der Waals surface area contributed by atoms with Crippen LogP contribution in [0.4, 0.5) is 0 Å². The van der Waals surface area contributed by atoms with Crippen molar-refractivity contribution in [1.29, 1.82) is 0 Å². The topological polar surface area (TPSA) is 86.7 Å². The van der Waals surface area contributed by atoms with E-state index < -0.39 is 0 Å². The van der Waals surface area contributed by atoms with Crippen molar-refractivity contribution < 1.29 is 4.52 Å². The molecule has 4 aromatic heterocycles. The van der Waals surface area contributed by atoms with Crippen LogP contribution >= 0.6 is 23.1 Å². The first-order chi connectivity index (χ1) is 15.3. The summed E-state index contributed by atoms with van der Waals surface area (Å²) in [5.74, 6) is 1.92. The standard InChI is InChI=1S/C22H17N5O2S2/c28-21-17-10-14-30-20(17)25-22(27(21)16-5-2-1-3-6-16)31-13-4-7-18-24-19(26-29-18)15-8-11-23-12-9-15/h1-3,5-6,8-12,14H,4,7,13H2. The molecule has 0 N–H and O–H groups in total. The first kappa shape index (κ1) is 19.7. The lowest BCUT2D eigenvalue weighted by Crippen LogP contribution is -2.21. The summed E-state index contributed by atoms with van der Waals surface area (Å²) >= 11 is 3.04. The Morgan fingerprint density at radius 1 is 1.03 bits per heavy atom. The zero-order chi connectivity index (χ0) is 21.0. The van der Waals surface area contributed by atoms with E-state index in [1.807, 2.05) is 53.9 Å². The second kappa shape index (κ2) is 8.83. The van der Waals surface area contributed by atoms with Gasteiger partial charge in [-0.25, -0.2) is 4.98 Å². The largest absolute Gasteiger partial charge is 0.339 e. The summed E-state index contributed by atoms with van der Waals surface area (Å²) in [7, 11) is 0. The van der Waals surface area contributed by atoms with Crippen LogP contribution in [0.15, 0.2) is 80.8 Å². The average Bonchev–Trinajstić information content (AvgIpc) is 3.48. The van der Waals surface area contributed by atoms with E-state index in [9.17, 15) is 4.79 Å². The maximum absolute atomic E-state index is 13.1. The molecule has 7 nitrogen and oxygen atoms in total. The molecular weight excluding hydrogens is 430 g/mol. The van der Waals surface area contributed by atoms with Gasteiger partial charge in [0.15, 0.2) is 5.16 Å². The first-order valence-corrected chi connectivity index (χ1v) is 11.6. The second-order valence-electron chi connectivity index (χ2n) is 6.71. The minimum atomic E-state index is -0.0427. The highest BCUT2D eigenvalue weighted by molar-refractivity contribution is 7.99. The molecule has 0 unspecified atom stereocenters. The number of hydrogen-bond acceptors (Lipinski definition) is 8. The van der Waals surface area contributed by atoms with Gasteiger partial charge in [-0.3, -0.25) is 14.3 Å². The van der Waals surface area contributed by atoms with Gasteiger partial charge in [0.05, 0.1) is 11.1 Å². The molecule has 0 spiro atoms. The van der Waals surface area contributed by atoms with Crippen LogP contribution < -0.4 is 5.56 Å². The molecule has 0 bridgehead atoms. The number of nitrogens with zero attached hydrogens (tertiary/aromatic N) is 5. The summed E-state index contributed by atoms with van der Waals surface area (Å²) in [6.07, 6.45) is 4.87. The van der Waals surface area contributed by atoms with Gasteiger partial charge >= 0.3 is 0 Å². The fourth-order valence-electron chi connectivity index (χ4n) is 3.16. The Morgan fingerprint density at radius 2 is 1.87 bits per heavy atom. The lowest BCUT2D eigenvalue weighted by Gasteiger charge is -2.11. The fraction of sp³-hybridized carbons (Fsp3) is 0.136. The van der Waals surface area contributed by atoms with Crippen LogP contribution in [-0.2, 0) is 6.42 Å². The zero-order valence-electron chi connectivity index (χ0n) is 16.3. The number of pyridine rings is 1. The molecule has 4 heterocycles. The molecule has 0 aliphatic carbocycles. The van der Waals surface area contributed by atoms with Gasteiger partial charge in [0.25, 0.3) is 5.56 Å². The van der Waals surface area contributed by atoms with Crippen molar-refractivity contribution in [1.82, 2.24) is 24.7 Å². The fourth-order valence-corrected chi connectivity index (χ4v) is 4.91. The summed E-state index contributed by atoms with van der Waals surface area (Å²) in [6, 6.07) is 15.1. The Hall–Kier alpha value is -3.30. The van der Waals surface area contributed by atoms with Gasteiger partial charge in [-0.05, 0) is 42.1 Å². The van der Waals surface area contributed by atoms with E-state index in [1.54, 1.807) is 28.7 Å². The average molecular weight is 448 g/mol. The van der Waals surface area contributed by atoms with Crippen LogP contribution in [0.25, 0.3) is 27.3 Å². The SMILES string of the molecule is O=c1c2ccsc2nc(SCCCc2nc(-c3ccncc3)no2)n1-c1ccccc1. The molecule has 5 aromatic rings. The lowest BCUT2D eigenvalue weighted by molar-refractivity contribution is 0.378. The molecule has 9 heteroatoms. The Labute approximate surface area is 185 Å². The van der Waals surface area contributed by atoms with Crippen LogP contribution in [-0.4, -0.2) is 30.4 Å². The quantitative estimate of drug-likeness (QED) is 0.204. The smallest absolute Gasteiger partial charge is 0.267 e. The first-order valence-electron chi connectivity index (χ1n) is 9.71. The third-order valence-corrected chi connectivity index (χ3v) is 6.49. The summed E-state index contributed by atoms with van der Waals surface area (Å²) < 4.78 is 7.06. The van der Waals surface area contributed by atoms with Gasteiger partial charge in [-0.2, -0.15) is 4.98 Å². The summed E-state index contributed by atoms with van der Waals surface area (Å²) in [6.45, 7) is 0. The molecule has 0 aliphatic rings. The summed E-state index contributed by atoms with van der Waals surface area (Å²) in [5, 5.41) is 7.28. The lowest BCUT2D eigenvalue weighted by atomic mass is 10.2. The predicted octanol–water partition coefficient (Wildman–Crippen LogP) is 4.62. The minimum Gasteiger partial charge on any atom is -0.339 e. The number of para-hydroxylation sites is 1. The molecule has 0 atom stereocenters. The van der Waals surface area contributed by atoms with Crippen LogP contribution in [0.3, 0.4) is 0 Å². The highest BCUT2D eigenvalue weighted by Gasteiger charge is 2.14. The number of thioether (sulfide) groups is 1. The van der Waals surface area contributed by atoms with Crippen LogP contribution in [0, 0.1) is 0 Å². The maximum atomic E-state index is 13.1. The Balaban J connectivity index is 1.31. The number of fused-ring (bicyclic) bond motifs is 1. The predicted molar refractivity (Wildman–Crippen MR) is 122 cm³/mol. The molecule has 1 aromatic carbocycles. The van der Waals surface area contributed by atoms with E-state index in [-0.39, 0.29) is 5.56 Å². The van der Waals surface area contributed by atoms with Crippen molar-refractivity contribution in [3.63, 3.8) is 0 Å². The number of thiophene rings is 1. The van der Waals surface area contributed by atoms with E-state index in [4.69, 9.17) is 9.51 Å². The van der Waals surface area contributed by atoms with Crippen molar-refractivity contribution in [2.24, 2.45) is 0 Å². The number of rotatable bonds is 7. The minimum absolute atomic E-state index is 0.0427. The molecule has 154 valence electrons. The molecule has 31 heavy (non-hydrogen) atoms. The van der Waals surface area contributed by atoms with E-state index in [1.165, 1.54) is 11.3 Å². The molecular formula is C22H17N5O2S2. The summed E-state index contributed by atoms with van der Waals surface area (Å²) in [5.41, 5.74) is 1.65. The molecule has 5 rings (SSSR count). The number of hydrogen-bond donors (Lipinski definition) is 0. The van der Waals surface area contributed by atoms with Gasteiger partial charge in [0.1, 0.15) is 4.83 Å². The van der Waals surface area contributed by atoms with Gasteiger partial charge in [0, 0.05) is 30.1 Å². The van der Waals surface area contributed by atoms with Crippen LogP contribution in [0.1, 0.15) is 12.3 Å². The highest BCUT2D eigenvalue weighted by Crippen LogP contribution is 2.24. The molecule has 0 fully saturated rings. The summed E-state index contributed by atoms with van der Waals surface area (Å²) in [4.78, 5) is 27.0. The van der Waals surface area contributed by atoms with E-state index >= 15 is 0 Å². The van der Waals surface area contributed by atoms with Crippen molar-refractivity contribution in [2.45, 2.75) is 18.0 Å². The van der Waals surface area contributed by atoms with Gasteiger partial charge in [-0.15, -0.1) is 11.3 Å². The third kappa shape index (κ3) is 4.14. The van der Waals surface area contributed by atoms with Crippen LogP contribution in [0.2, 0.25) is 0 Å². The Morgan fingerprint density at radius 3 is 2.71 bits per heavy atom. The number of aromatic nitrogens is 5. The molecule has 0 saturated heterocycles. The van der Waals surface area contributed by atoms with E-state index in [2.05, 4.69) is 15.1 Å². The van der Waals surface area contributed by atoms with Gasteiger partial charge < -0.3 is 4.52 Å². The normalized spacial score (nSPS) is 11.2. The monoisotopic (exact) mass is 447 g/mol.